The Bertz CT molecular complexity index is 1140. The lowest BCUT2D eigenvalue weighted by Gasteiger charge is -2.32. The van der Waals surface area contributed by atoms with Crippen LogP contribution >= 0.6 is 0 Å². The van der Waals surface area contributed by atoms with Crippen LogP contribution in [0.5, 0.6) is 5.75 Å². The number of esters is 1. The van der Waals surface area contributed by atoms with Gasteiger partial charge in [0.05, 0.1) is 0 Å². The predicted octanol–water partition coefficient (Wildman–Crippen LogP) is 10.5. The Hall–Kier alpha value is -3.13. The zero-order valence-electron chi connectivity index (χ0n) is 24.9. The number of carbonyl (C=O) groups is 1. The molecule has 0 saturated heterocycles. The highest BCUT2D eigenvalue weighted by Crippen LogP contribution is 2.40. The van der Waals surface area contributed by atoms with E-state index >= 15 is 0 Å². The van der Waals surface area contributed by atoms with Crippen LogP contribution in [0.25, 0.3) is 6.08 Å². The molecule has 0 aliphatic heterocycles. The molecular formula is C36H48O2. The third-order valence-corrected chi connectivity index (χ3v) is 7.01. The Morgan fingerprint density at radius 2 is 1.74 bits per heavy atom. The molecule has 38 heavy (non-hydrogen) atoms. The number of rotatable bonds is 11. The molecule has 1 aliphatic carbocycles. The third-order valence-electron chi connectivity index (χ3n) is 7.01. The molecule has 0 amide bonds. The van der Waals surface area contributed by atoms with Gasteiger partial charge >= 0.3 is 5.97 Å². The van der Waals surface area contributed by atoms with Crippen molar-refractivity contribution in [2.24, 2.45) is 11.3 Å². The number of carbonyl (C=O) groups excluding carboxylic acids is 1. The highest BCUT2D eigenvalue weighted by atomic mass is 16.5. The average molecular weight is 513 g/mol. The van der Waals surface area contributed by atoms with E-state index in [0.717, 1.165) is 24.0 Å². The van der Waals surface area contributed by atoms with Gasteiger partial charge in [-0.15, -0.1) is 0 Å². The van der Waals surface area contributed by atoms with Crippen molar-refractivity contribution in [3.8, 4) is 5.75 Å². The molecule has 0 N–H and O–H groups in total. The second kappa shape index (κ2) is 15.3. The summed E-state index contributed by atoms with van der Waals surface area (Å²) in [6.45, 7) is 17.4. The lowest BCUT2D eigenvalue weighted by molar-refractivity contribution is -0.129. The van der Waals surface area contributed by atoms with E-state index in [2.05, 4.69) is 84.9 Å². The van der Waals surface area contributed by atoms with Crippen molar-refractivity contribution in [3.63, 3.8) is 0 Å². The molecule has 1 aliphatic rings. The Labute approximate surface area is 232 Å². The van der Waals surface area contributed by atoms with E-state index in [4.69, 9.17) is 4.74 Å². The largest absolute Gasteiger partial charge is 0.423 e. The quantitative estimate of drug-likeness (QED) is 0.0969. The van der Waals surface area contributed by atoms with E-state index in [1.54, 1.807) is 0 Å². The Kier molecular flexibility index (Phi) is 12.5. The average Bonchev–Trinajstić information content (AvgIpc) is 2.82. The fraction of sp³-hybridized carbons (Fsp3) is 0.417. The summed E-state index contributed by atoms with van der Waals surface area (Å²) >= 11 is 0. The van der Waals surface area contributed by atoms with E-state index in [0.29, 0.717) is 11.7 Å². The van der Waals surface area contributed by atoms with Crippen molar-refractivity contribution >= 4 is 12.0 Å². The topological polar surface area (TPSA) is 26.3 Å². The van der Waals surface area contributed by atoms with Gasteiger partial charge in [-0.2, -0.15) is 0 Å². The Balaban J connectivity index is 1.88. The zero-order chi connectivity index (χ0) is 28.1. The minimum Gasteiger partial charge on any atom is -0.423 e. The summed E-state index contributed by atoms with van der Waals surface area (Å²) in [6.07, 6.45) is 24.6. The van der Waals surface area contributed by atoms with E-state index in [1.807, 2.05) is 43.3 Å². The van der Waals surface area contributed by atoms with Gasteiger partial charge in [0.1, 0.15) is 5.75 Å². The fourth-order valence-corrected chi connectivity index (χ4v) is 4.67. The number of hydrogen-bond acceptors (Lipinski definition) is 2. The minimum absolute atomic E-state index is 0.245. The van der Waals surface area contributed by atoms with Crippen molar-refractivity contribution in [2.75, 3.05) is 0 Å². The van der Waals surface area contributed by atoms with Gasteiger partial charge in [0.15, 0.2) is 0 Å². The molecule has 2 rings (SSSR count). The summed E-state index contributed by atoms with van der Waals surface area (Å²) in [6, 6.07) is 7.64. The molecule has 1 aromatic rings. The van der Waals surface area contributed by atoms with Crippen LogP contribution in [0.3, 0.4) is 0 Å². The molecule has 0 radical (unpaired) electrons. The molecule has 0 aromatic heterocycles. The highest BCUT2D eigenvalue weighted by Gasteiger charge is 2.26. The maximum Gasteiger partial charge on any atom is 0.336 e. The molecule has 0 spiro atoms. The number of ether oxygens (including phenoxy) is 1. The maximum atomic E-state index is 12.4. The molecule has 0 bridgehead atoms. The fourth-order valence-electron chi connectivity index (χ4n) is 4.67. The second-order valence-corrected chi connectivity index (χ2v) is 11.6. The SMILES string of the molecule is CC(C)=CCCC(C)/C=C/c1ccc(OC(=O)/C=C(C)/C=C/C=C(C)/C=C\C2=C(C)CCCC2(C)C)cc1. The summed E-state index contributed by atoms with van der Waals surface area (Å²) in [7, 11) is 0. The standard InChI is InChI=1S/C36H48O2/c1-27(2)12-9-13-28(3)17-19-32-20-22-33(23-21-32)38-35(37)26-30(5)15-10-14-29(4)18-24-34-31(6)16-11-25-36(34,7)8/h10,12,14-15,17-24,26,28H,9,11,13,16,25H2,1-8H3/b15-10+,19-17+,24-18-,29-14+,30-26+. The second-order valence-electron chi connectivity index (χ2n) is 11.6. The first-order chi connectivity index (χ1) is 18.0. The molecule has 2 nitrogen and oxygen atoms in total. The zero-order valence-corrected chi connectivity index (χ0v) is 24.9. The monoisotopic (exact) mass is 512 g/mol. The van der Waals surface area contributed by atoms with Crippen LogP contribution in [-0.4, -0.2) is 5.97 Å². The van der Waals surface area contributed by atoms with Gasteiger partial charge in [-0.25, -0.2) is 4.79 Å². The summed E-state index contributed by atoms with van der Waals surface area (Å²) < 4.78 is 5.49. The molecule has 2 heteroatoms. The number of hydrogen-bond donors (Lipinski definition) is 0. The highest BCUT2D eigenvalue weighted by molar-refractivity contribution is 5.85. The van der Waals surface area contributed by atoms with E-state index in [9.17, 15) is 4.79 Å². The Morgan fingerprint density at radius 3 is 2.39 bits per heavy atom. The van der Waals surface area contributed by atoms with Crippen LogP contribution in [-0.2, 0) is 4.79 Å². The van der Waals surface area contributed by atoms with Crippen LogP contribution < -0.4 is 4.74 Å². The van der Waals surface area contributed by atoms with Crippen molar-refractivity contribution in [2.45, 2.75) is 87.5 Å². The van der Waals surface area contributed by atoms with Gasteiger partial charge in [0.25, 0.3) is 0 Å². The van der Waals surface area contributed by atoms with Crippen molar-refractivity contribution in [3.05, 3.63) is 106 Å². The van der Waals surface area contributed by atoms with Gasteiger partial charge in [-0.1, -0.05) is 98.2 Å². The van der Waals surface area contributed by atoms with Crippen molar-refractivity contribution in [1.29, 1.82) is 0 Å². The first kappa shape index (κ1) is 31.1. The van der Waals surface area contributed by atoms with Crippen LogP contribution in [0.2, 0.25) is 0 Å². The molecule has 1 aromatic carbocycles. The maximum absolute atomic E-state index is 12.4. The molecule has 1 unspecified atom stereocenters. The van der Waals surface area contributed by atoms with Crippen LogP contribution in [0, 0.1) is 11.3 Å². The molecule has 0 fully saturated rings. The normalized spacial score (nSPS) is 17.5. The summed E-state index contributed by atoms with van der Waals surface area (Å²) in [5, 5.41) is 0. The molecule has 0 heterocycles. The summed E-state index contributed by atoms with van der Waals surface area (Å²) in [5.74, 6) is 0.698. The molecule has 1 atom stereocenters. The minimum atomic E-state index is -0.370. The van der Waals surface area contributed by atoms with Gasteiger partial charge < -0.3 is 4.74 Å². The number of benzene rings is 1. The van der Waals surface area contributed by atoms with Gasteiger partial charge in [0, 0.05) is 6.08 Å². The Morgan fingerprint density at radius 1 is 1.03 bits per heavy atom. The number of allylic oxidation sites excluding steroid dienone is 12. The van der Waals surface area contributed by atoms with E-state index in [1.165, 1.54) is 47.6 Å². The molecule has 204 valence electrons. The first-order valence-corrected chi connectivity index (χ1v) is 14.0. The van der Waals surface area contributed by atoms with E-state index < -0.39 is 0 Å². The van der Waals surface area contributed by atoms with Crippen LogP contribution in [0.15, 0.2) is 101 Å². The third kappa shape index (κ3) is 11.5. The van der Waals surface area contributed by atoms with Crippen molar-refractivity contribution < 1.29 is 9.53 Å². The predicted molar refractivity (Wildman–Crippen MR) is 165 cm³/mol. The lowest BCUT2D eigenvalue weighted by Crippen LogP contribution is -2.19. The smallest absolute Gasteiger partial charge is 0.336 e. The summed E-state index contributed by atoms with van der Waals surface area (Å²) in [5.41, 5.74) is 7.71. The molecule has 0 saturated carbocycles. The van der Waals surface area contributed by atoms with Gasteiger partial charge in [-0.3, -0.25) is 0 Å². The van der Waals surface area contributed by atoms with Crippen LogP contribution in [0.4, 0.5) is 0 Å². The van der Waals surface area contributed by atoms with Crippen molar-refractivity contribution in [1.82, 2.24) is 0 Å². The van der Waals surface area contributed by atoms with Gasteiger partial charge in [0.2, 0.25) is 0 Å². The van der Waals surface area contributed by atoms with Crippen LogP contribution in [0.1, 0.15) is 93.1 Å². The molecular weight excluding hydrogens is 464 g/mol. The first-order valence-electron chi connectivity index (χ1n) is 14.0. The lowest BCUT2D eigenvalue weighted by atomic mass is 9.72. The summed E-state index contributed by atoms with van der Waals surface area (Å²) in [4.78, 5) is 12.4. The van der Waals surface area contributed by atoms with E-state index in [-0.39, 0.29) is 11.4 Å². The van der Waals surface area contributed by atoms with Gasteiger partial charge in [-0.05, 0) is 107 Å².